The molecule has 0 spiro atoms. The first-order valence-corrected chi connectivity index (χ1v) is 12.4. The van der Waals surface area contributed by atoms with Crippen LogP contribution in [0.15, 0.2) is 66.7 Å². The Bertz CT molecular complexity index is 1110. The van der Waals surface area contributed by atoms with Crippen molar-refractivity contribution in [1.29, 1.82) is 0 Å². The van der Waals surface area contributed by atoms with Gasteiger partial charge in [0.25, 0.3) is 5.91 Å². The van der Waals surface area contributed by atoms with E-state index in [0.29, 0.717) is 22.6 Å². The molecule has 1 heterocycles. The lowest BCUT2D eigenvalue weighted by atomic mass is 9.97. The van der Waals surface area contributed by atoms with Crippen molar-refractivity contribution in [2.75, 3.05) is 12.0 Å². The lowest BCUT2D eigenvalue weighted by molar-refractivity contribution is -0.162. The summed E-state index contributed by atoms with van der Waals surface area (Å²) in [5.41, 5.74) is 1.48. The topological polar surface area (TPSA) is 93.2 Å². The first kappa shape index (κ1) is 25.5. The van der Waals surface area contributed by atoms with Gasteiger partial charge in [-0.2, -0.15) is 0 Å². The molecule has 0 saturated carbocycles. The Labute approximate surface area is 205 Å². The van der Waals surface area contributed by atoms with E-state index in [-0.39, 0.29) is 6.61 Å². The first-order chi connectivity index (χ1) is 16.2. The number of esters is 1. The maximum absolute atomic E-state index is 13.3. The molecule has 2 aromatic carbocycles. The monoisotopic (exact) mass is 504 g/mol. The van der Waals surface area contributed by atoms with E-state index in [1.165, 1.54) is 11.8 Å². The van der Waals surface area contributed by atoms with E-state index in [1.54, 1.807) is 68.6 Å². The standard InChI is InChI=1S/C24H25ClN2O6S/c1-15(2)20(24(30)33-14-17-10-12-19(32-4)13-11-17)27-22(29)21(23(27)34(25)31)26(16(3)28)18-8-6-5-7-9-18/h5-13,20-21,23H,1,14H2,2-4H3. The van der Waals surface area contributed by atoms with Crippen LogP contribution in [0.25, 0.3) is 0 Å². The van der Waals surface area contributed by atoms with Crippen molar-refractivity contribution in [2.45, 2.75) is 37.9 Å². The number of carbonyl (C=O) groups excluding carboxylic acids is 3. The third-order valence-corrected chi connectivity index (χ3v) is 6.81. The van der Waals surface area contributed by atoms with Crippen molar-refractivity contribution in [3.8, 4) is 5.75 Å². The minimum Gasteiger partial charge on any atom is -0.497 e. The maximum atomic E-state index is 13.3. The van der Waals surface area contributed by atoms with Crippen LogP contribution >= 0.6 is 10.7 Å². The summed E-state index contributed by atoms with van der Waals surface area (Å²) in [5, 5.41) is -1.13. The molecule has 1 saturated heterocycles. The van der Waals surface area contributed by atoms with E-state index in [0.717, 1.165) is 4.90 Å². The fourth-order valence-corrected chi connectivity index (χ4v) is 5.20. The molecule has 0 radical (unpaired) electrons. The van der Waals surface area contributed by atoms with Gasteiger partial charge in [-0.25, -0.2) is 9.00 Å². The maximum Gasteiger partial charge on any atom is 0.333 e. The molecule has 0 aromatic heterocycles. The Morgan fingerprint density at radius 2 is 1.76 bits per heavy atom. The van der Waals surface area contributed by atoms with Gasteiger partial charge >= 0.3 is 5.97 Å². The van der Waals surface area contributed by atoms with Gasteiger partial charge in [0.1, 0.15) is 28.4 Å². The van der Waals surface area contributed by atoms with Crippen LogP contribution in [0, 0.1) is 0 Å². The van der Waals surface area contributed by atoms with Crippen LogP contribution in [-0.4, -0.2) is 51.5 Å². The summed E-state index contributed by atoms with van der Waals surface area (Å²) in [7, 11) is 5.43. The summed E-state index contributed by atoms with van der Waals surface area (Å²) in [6, 6.07) is 13.1. The Morgan fingerprint density at radius 1 is 1.15 bits per heavy atom. The smallest absolute Gasteiger partial charge is 0.333 e. The van der Waals surface area contributed by atoms with Crippen molar-refractivity contribution < 1.29 is 28.1 Å². The highest BCUT2D eigenvalue weighted by Gasteiger charge is 2.59. The van der Waals surface area contributed by atoms with Crippen molar-refractivity contribution in [2.24, 2.45) is 0 Å². The highest BCUT2D eigenvalue weighted by Crippen LogP contribution is 2.36. The molecule has 1 aliphatic rings. The fraction of sp³-hybridized carbons (Fsp3) is 0.292. The summed E-state index contributed by atoms with van der Waals surface area (Å²) in [4.78, 5) is 41.0. The van der Waals surface area contributed by atoms with Crippen LogP contribution < -0.4 is 9.64 Å². The molecular weight excluding hydrogens is 480 g/mol. The zero-order valence-corrected chi connectivity index (χ0v) is 20.5. The Hall–Kier alpha value is -3.17. The van der Waals surface area contributed by atoms with Crippen LogP contribution in [0.5, 0.6) is 5.75 Å². The van der Waals surface area contributed by atoms with Gasteiger partial charge in [0, 0.05) is 12.6 Å². The summed E-state index contributed by atoms with van der Waals surface area (Å²) in [6.07, 6.45) is 0. The highest BCUT2D eigenvalue weighted by molar-refractivity contribution is 8.08. The third-order valence-electron chi connectivity index (χ3n) is 5.40. The zero-order chi connectivity index (χ0) is 25.0. The number of hydrogen-bond donors (Lipinski definition) is 0. The van der Waals surface area contributed by atoms with Crippen molar-refractivity contribution in [3.05, 3.63) is 72.3 Å². The van der Waals surface area contributed by atoms with E-state index in [4.69, 9.17) is 20.2 Å². The minimum atomic E-state index is -2.09. The van der Waals surface area contributed by atoms with E-state index >= 15 is 0 Å². The number of hydrogen-bond acceptors (Lipinski definition) is 6. The van der Waals surface area contributed by atoms with Gasteiger partial charge in [-0.1, -0.05) is 36.9 Å². The molecule has 1 fully saturated rings. The van der Waals surface area contributed by atoms with Crippen LogP contribution in [0.1, 0.15) is 19.4 Å². The second-order valence-corrected chi connectivity index (χ2v) is 9.65. The SMILES string of the molecule is C=C(C)C(C(=O)OCc1ccc(OC)cc1)N1C(=O)C(N(C(C)=O)c2ccccc2)C1S(=O)Cl. The number of amides is 2. The van der Waals surface area contributed by atoms with Gasteiger partial charge in [0.05, 0.1) is 7.11 Å². The van der Waals surface area contributed by atoms with Crippen LogP contribution in [0.4, 0.5) is 5.69 Å². The number of likely N-dealkylation sites (tertiary alicyclic amines) is 1. The fourth-order valence-electron chi connectivity index (χ4n) is 3.81. The average molecular weight is 505 g/mol. The average Bonchev–Trinajstić information content (AvgIpc) is 2.81. The number of β-lactam (4-membered cyclic amide) rings is 1. The number of nitrogens with zero attached hydrogens (tertiary/aromatic N) is 2. The molecule has 4 atom stereocenters. The number of carbonyl (C=O) groups is 3. The highest BCUT2D eigenvalue weighted by atomic mass is 35.7. The number of halogens is 1. The number of rotatable bonds is 9. The quantitative estimate of drug-likeness (QED) is 0.225. The normalized spacial score (nSPS) is 18.9. The molecule has 3 rings (SSSR count). The predicted molar refractivity (Wildman–Crippen MR) is 129 cm³/mol. The number of benzene rings is 2. The van der Waals surface area contributed by atoms with Gasteiger partial charge in [0.15, 0.2) is 11.4 Å². The van der Waals surface area contributed by atoms with Crippen molar-refractivity contribution in [1.82, 2.24) is 4.90 Å². The summed E-state index contributed by atoms with van der Waals surface area (Å²) in [6.45, 7) is 6.63. The second kappa shape index (κ2) is 10.8. The van der Waals surface area contributed by atoms with Gasteiger partial charge in [-0.15, -0.1) is 0 Å². The zero-order valence-electron chi connectivity index (χ0n) is 19.0. The molecule has 0 N–H and O–H groups in total. The van der Waals surface area contributed by atoms with Crippen molar-refractivity contribution >= 4 is 44.2 Å². The molecular formula is C24H25ClN2O6S. The van der Waals surface area contributed by atoms with E-state index in [9.17, 15) is 18.6 Å². The molecule has 10 heteroatoms. The molecule has 180 valence electrons. The predicted octanol–water partition coefficient (Wildman–Crippen LogP) is 3.18. The molecule has 0 aliphatic carbocycles. The summed E-state index contributed by atoms with van der Waals surface area (Å²) in [5.74, 6) is -1.08. The number of ether oxygens (including phenoxy) is 2. The Kier molecular flexibility index (Phi) is 8.11. The van der Waals surface area contributed by atoms with Crippen molar-refractivity contribution in [3.63, 3.8) is 0 Å². The molecule has 0 bridgehead atoms. The molecule has 1 aliphatic heterocycles. The molecule has 34 heavy (non-hydrogen) atoms. The summed E-state index contributed by atoms with van der Waals surface area (Å²) >= 11 is 0. The molecule has 4 unspecified atom stereocenters. The van der Waals surface area contributed by atoms with Gasteiger partial charge in [-0.3, -0.25) is 14.5 Å². The molecule has 8 nitrogen and oxygen atoms in total. The largest absolute Gasteiger partial charge is 0.497 e. The second-order valence-electron chi connectivity index (χ2n) is 7.76. The Balaban J connectivity index is 1.84. The van der Waals surface area contributed by atoms with E-state index in [2.05, 4.69) is 6.58 Å². The number of para-hydroxylation sites is 1. The van der Waals surface area contributed by atoms with Gasteiger partial charge in [0.2, 0.25) is 5.91 Å². The number of methoxy groups -OCH3 is 1. The number of anilines is 1. The summed E-state index contributed by atoms with van der Waals surface area (Å²) < 4.78 is 23.0. The van der Waals surface area contributed by atoms with Crippen LogP contribution in [0.2, 0.25) is 0 Å². The minimum absolute atomic E-state index is 0.0454. The lowest BCUT2D eigenvalue weighted by Crippen LogP contribution is -2.75. The molecule has 2 amide bonds. The van der Waals surface area contributed by atoms with Crippen LogP contribution in [-0.2, 0) is 35.7 Å². The van der Waals surface area contributed by atoms with E-state index in [1.807, 2.05) is 0 Å². The van der Waals surface area contributed by atoms with Gasteiger partial charge in [-0.05, 0) is 53.0 Å². The first-order valence-electron chi connectivity index (χ1n) is 10.4. The van der Waals surface area contributed by atoms with Crippen LogP contribution in [0.3, 0.4) is 0 Å². The third kappa shape index (κ3) is 5.15. The Morgan fingerprint density at radius 3 is 2.26 bits per heavy atom. The lowest BCUT2D eigenvalue weighted by Gasteiger charge is -2.51. The van der Waals surface area contributed by atoms with E-state index < -0.39 is 45.3 Å². The molecule has 2 aromatic rings. The van der Waals surface area contributed by atoms with Gasteiger partial charge < -0.3 is 14.4 Å².